The summed E-state index contributed by atoms with van der Waals surface area (Å²) in [5, 5.41) is 32.3. The highest BCUT2D eigenvalue weighted by atomic mass is 16.5. The maximum atomic E-state index is 9.90. The fraction of sp³-hybridized carbons (Fsp3) is 0.444. The Bertz CT molecular complexity index is 606. The molecule has 0 saturated heterocycles. The minimum absolute atomic E-state index is 0.0416. The van der Waals surface area contributed by atoms with Crippen molar-refractivity contribution in [2.75, 3.05) is 18.4 Å². The lowest BCUT2D eigenvalue weighted by molar-refractivity contribution is 0.121. The van der Waals surface area contributed by atoms with Crippen LogP contribution in [0.5, 0.6) is 0 Å². The minimum atomic E-state index is -0.0416. The molecule has 0 amide bonds. The number of fused-ring (bicyclic) bond motifs is 1. The van der Waals surface area contributed by atoms with Gasteiger partial charge in [-0.15, -0.1) is 9.46 Å². The van der Waals surface area contributed by atoms with Gasteiger partial charge in [0.05, 0.1) is 11.9 Å². The average molecular weight is 241 g/mol. The Morgan fingerprint density at radius 1 is 1.24 bits per heavy atom. The summed E-state index contributed by atoms with van der Waals surface area (Å²) in [6.45, 7) is 4.68. The van der Waals surface area contributed by atoms with Gasteiger partial charge in [-0.05, 0) is 13.8 Å². The second-order valence-electron chi connectivity index (χ2n) is 3.49. The van der Waals surface area contributed by atoms with Crippen LogP contribution in [0.2, 0.25) is 0 Å². The lowest BCUT2D eigenvalue weighted by atomic mass is 10.4. The smallest absolute Gasteiger partial charge is 0.274 e. The number of anilines is 1. The van der Waals surface area contributed by atoms with E-state index >= 15 is 0 Å². The number of hydrogen-bond donors (Lipinski definition) is 4. The van der Waals surface area contributed by atoms with Gasteiger partial charge in [0.25, 0.3) is 5.62 Å². The molecule has 0 spiro atoms. The monoisotopic (exact) mass is 241 g/mol. The van der Waals surface area contributed by atoms with Gasteiger partial charge in [-0.1, -0.05) is 0 Å². The van der Waals surface area contributed by atoms with Crippen LogP contribution >= 0.6 is 0 Å². The molecule has 4 N–H and O–H groups in total. The molecule has 2 aromatic rings. The molecule has 0 aromatic carbocycles. The van der Waals surface area contributed by atoms with E-state index in [-0.39, 0.29) is 16.8 Å². The summed E-state index contributed by atoms with van der Waals surface area (Å²) in [6, 6.07) is 0. The molecule has 0 saturated carbocycles. The van der Waals surface area contributed by atoms with Crippen molar-refractivity contribution in [3.8, 4) is 0 Å². The summed E-state index contributed by atoms with van der Waals surface area (Å²) in [7, 11) is 0. The molecule has 2 aromatic heterocycles. The first-order valence-corrected chi connectivity index (χ1v) is 5.32. The van der Waals surface area contributed by atoms with E-state index in [0.29, 0.717) is 23.5 Å². The second kappa shape index (κ2) is 3.96. The number of nitrogens with zero attached hydrogens (tertiary/aromatic N) is 4. The minimum Gasteiger partial charge on any atom is -0.427 e. The van der Waals surface area contributed by atoms with Gasteiger partial charge in [0.2, 0.25) is 5.65 Å². The molecule has 0 aliphatic carbocycles. The largest absolute Gasteiger partial charge is 0.427 e. The van der Waals surface area contributed by atoms with Crippen LogP contribution in [-0.2, 0) is 0 Å². The predicted molar refractivity (Wildman–Crippen MR) is 59.7 cm³/mol. The zero-order valence-electron chi connectivity index (χ0n) is 9.62. The predicted octanol–water partition coefficient (Wildman–Crippen LogP) is 0.309. The molecular formula is C9H15N5O3. The molecule has 0 atom stereocenters. The SMILES string of the molecule is CCN=c1n(O)c2c(NCC)cn(O)c2n1O. The van der Waals surface area contributed by atoms with Gasteiger partial charge >= 0.3 is 0 Å². The summed E-state index contributed by atoms with van der Waals surface area (Å²) >= 11 is 0. The second-order valence-corrected chi connectivity index (χ2v) is 3.49. The molecule has 0 aliphatic heterocycles. The average Bonchev–Trinajstić information content (AvgIpc) is 2.72. The Kier molecular flexibility index (Phi) is 2.62. The van der Waals surface area contributed by atoms with Crippen molar-refractivity contribution >= 4 is 16.9 Å². The molecule has 0 aliphatic rings. The van der Waals surface area contributed by atoms with E-state index in [0.717, 1.165) is 9.46 Å². The van der Waals surface area contributed by atoms with Crippen LogP contribution in [0.25, 0.3) is 11.2 Å². The fourth-order valence-electron chi connectivity index (χ4n) is 1.76. The first-order chi connectivity index (χ1) is 8.11. The standard InChI is InChI=1S/C9H15N5O3/c1-3-10-6-5-12(15)8-7(6)13(16)9(11-4-2)14(8)17/h5,10,15-17H,3-4H2,1-2H3. The van der Waals surface area contributed by atoms with Crippen LogP contribution < -0.4 is 10.9 Å². The van der Waals surface area contributed by atoms with E-state index in [1.807, 2.05) is 6.92 Å². The molecule has 17 heavy (non-hydrogen) atoms. The van der Waals surface area contributed by atoms with Gasteiger partial charge < -0.3 is 20.9 Å². The molecule has 0 unspecified atom stereocenters. The van der Waals surface area contributed by atoms with E-state index in [9.17, 15) is 15.6 Å². The number of aromatic nitrogens is 3. The van der Waals surface area contributed by atoms with E-state index < -0.39 is 0 Å². The topological polar surface area (TPSA) is 99.9 Å². The zero-order chi connectivity index (χ0) is 12.6. The third-order valence-electron chi connectivity index (χ3n) is 2.39. The van der Waals surface area contributed by atoms with Crippen LogP contribution in [0.15, 0.2) is 11.2 Å². The van der Waals surface area contributed by atoms with Gasteiger partial charge in [-0.3, -0.25) is 0 Å². The molecule has 0 fully saturated rings. The Labute approximate surface area is 96.5 Å². The van der Waals surface area contributed by atoms with E-state index in [2.05, 4.69) is 10.3 Å². The van der Waals surface area contributed by atoms with E-state index in [1.165, 1.54) is 6.20 Å². The van der Waals surface area contributed by atoms with Gasteiger partial charge in [-0.2, -0.15) is 4.73 Å². The van der Waals surface area contributed by atoms with Crippen molar-refractivity contribution in [1.29, 1.82) is 0 Å². The van der Waals surface area contributed by atoms with Crippen molar-refractivity contribution in [1.82, 2.24) is 14.2 Å². The molecule has 0 bridgehead atoms. The van der Waals surface area contributed by atoms with Crippen LogP contribution in [0.1, 0.15) is 13.8 Å². The highest BCUT2D eigenvalue weighted by Gasteiger charge is 2.19. The van der Waals surface area contributed by atoms with Crippen LogP contribution in [0.4, 0.5) is 5.69 Å². The number of rotatable bonds is 3. The molecular weight excluding hydrogens is 226 g/mol. The van der Waals surface area contributed by atoms with Crippen molar-refractivity contribution in [2.45, 2.75) is 13.8 Å². The Morgan fingerprint density at radius 3 is 2.53 bits per heavy atom. The van der Waals surface area contributed by atoms with E-state index in [4.69, 9.17) is 0 Å². The summed E-state index contributed by atoms with van der Waals surface area (Å²) < 4.78 is 2.11. The van der Waals surface area contributed by atoms with Gasteiger partial charge in [0, 0.05) is 13.1 Å². The lowest BCUT2D eigenvalue weighted by Gasteiger charge is -1.99. The molecule has 8 heteroatoms. The number of nitrogens with one attached hydrogen (secondary N) is 1. The normalized spacial score (nSPS) is 12.5. The Balaban J connectivity index is 2.84. The van der Waals surface area contributed by atoms with Gasteiger partial charge in [-0.25, -0.2) is 4.99 Å². The van der Waals surface area contributed by atoms with Crippen molar-refractivity contribution in [2.24, 2.45) is 4.99 Å². The summed E-state index contributed by atoms with van der Waals surface area (Å²) in [5.41, 5.74) is 0.785. The fourth-order valence-corrected chi connectivity index (χ4v) is 1.76. The number of hydrogen-bond acceptors (Lipinski definition) is 5. The first kappa shape index (κ1) is 11.2. The summed E-state index contributed by atoms with van der Waals surface area (Å²) in [5.74, 6) is 0. The van der Waals surface area contributed by atoms with Gasteiger partial charge in [0.15, 0.2) is 5.52 Å². The van der Waals surface area contributed by atoms with Gasteiger partial charge in [0.1, 0.15) is 0 Å². The van der Waals surface area contributed by atoms with Crippen molar-refractivity contribution in [3.05, 3.63) is 11.8 Å². The highest BCUT2D eigenvalue weighted by molar-refractivity contribution is 5.87. The van der Waals surface area contributed by atoms with Crippen LogP contribution in [0, 0.1) is 0 Å². The summed E-state index contributed by atoms with van der Waals surface area (Å²) in [6.07, 6.45) is 1.36. The van der Waals surface area contributed by atoms with Crippen LogP contribution in [-0.4, -0.2) is 42.9 Å². The number of imidazole rings is 1. The molecule has 2 rings (SSSR count). The maximum absolute atomic E-state index is 9.90. The highest BCUT2D eigenvalue weighted by Crippen LogP contribution is 2.22. The molecule has 8 nitrogen and oxygen atoms in total. The lowest BCUT2D eigenvalue weighted by Crippen LogP contribution is -2.24. The van der Waals surface area contributed by atoms with E-state index in [1.54, 1.807) is 6.92 Å². The summed E-state index contributed by atoms with van der Waals surface area (Å²) in [4.78, 5) is 3.93. The third kappa shape index (κ3) is 1.49. The first-order valence-electron chi connectivity index (χ1n) is 5.32. The molecule has 2 heterocycles. The van der Waals surface area contributed by atoms with Crippen LogP contribution in [0.3, 0.4) is 0 Å². The quantitative estimate of drug-likeness (QED) is 0.581. The maximum Gasteiger partial charge on any atom is 0.274 e. The third-order valence-corrected chi connectivity index (χ3v) is 2.39. The van der Waals surface area contributed by atoms with Crippen molar-refractivity contribution in [3.63, 3.8) is 0 Å². The molecule has 0 radical (unpaired) electrons. The molecule has 94 valence electrons. The zero-order valence-corrected chi connectivity index (χ0v) is 9.62. The Hall–Kier alpha value is -2.25. The van der Waals surface area contributed by atoms with Crippen molar-refractivity contribution < 1.29 is 15.6 Å². The Morgan fingerprint density at radius 2 is 1.94 bits per heavy atom.